The van der Waals surface area contributed by atoms with Gasteiger partial charge < -0.3 is 45.0 Å². The monoisotopic (exact) mass is 595 g/mol. The standard InChI is InChI=1S/C26H31F2N5O9/c1-12(29)21-20(24(37)33-10-15(31-26(38)39-2)8-16(33)22(36)30-9-19(34)35)32-23(42-21)14-5-6-17(41-25(27)28)18(7-14)40-11-13-3-4-13/h5-7,12-13,15-16,25H,3-4,8-11,29H2,1-2H3,(H,30,36)(H,31,38)(H,34,35)/t12-,15-,16-/m0/s1. The zero-order chi connectivity index (χ0) is 30.6. The van der Waals surface area contributed by atoms with Crippen LogP contribution in [0, 0.1) is 5.92 Å². The number of hydrogen-bond donors (Lipinski definition) is 4. The highest BCUT2D eigenvalue weighted by atomic mass is 19.3. The molecule has 2 aliphatic rings. The maximum atomic E-state index is 13.8. The maximum Gasteiger partial charge on any atom is 0.407 e. The molecule has 1 aromatic carbocycles. The molecule has 0 unspecified atom stereocenters. The van der Waals surface area contributed by atoms with Crippen molar-refractivity contribution in [2.24, 2.45) is 11.7 Å². The Morgan fingerprint density at radius 3 is 2.60 bits per heavy atom. The Morgan fingerprint density at radius 1 is 1.24 bits per heavy atom. The van der Waals surface area contributed by atoms with Crippen LogP contribution in [0.4, 0.5) is 13.6 Å². The van der Waals surface area contributed by atoms with E-state index in [2.05, 4.69) is 25.1 Å². The van der Waals surface area contributed by atoms with Gasteiger partial charge in [-0.05, 0) is 50.3 Å². The molecule has 2 heterocycles. The predicted octanol–water partition coefficient (Wildman–Crippen LogP) is 1.89. The number of alkyl halides is 2. The van der Waals surface area contributed by atoms with Crippen molar-refractivity contribution in [3.8, 4) is 23.0 Å². The molecule has 1 saturated heterocycles. The van der Waals surface area contributed by atoms with Crippen molar-refractivity contribution in [1.29, 1.82) is 0 Å². The number of likely N-dealkylation sites (tertiary alicyclic amines) is 1. The minimum Gasteiger partial charge on any atom is -0.489 e. The van der Waals surface area contributed by atoms with Crippen LogP contribution in [0.25, 0.3) is 11.5 Å². The molecule has 0 radical (unpaired) electrons. The predicted molar refractivity (Wildman–Crippen MR) is 139 cm³/mol. The van der Waals surface area contributed by atoms with Crippen LogP contribution in [0.5, 0.6) is 11.5 Å². The van der Waals surface area contributed by atoms with Gasteiger partial charge in [0.2, 0.25) is 11.8 Å². The average Bonchev–Trinajstić information content (AvgIpc) is 3.50. The molecule has 16 heteroatoms. The highest BCUT2D eigenvalue weighted by Crippen LogP contribution is 2.37. The molecule has 3 atom stereocenters. The van der Waals surface area contributed by atoms with Gasteiger partial charge in [0, 0.05) is 12.1 Å². The highest BCUT2D eigenvalue weighted by Gasteiger charge is 2.42. The van der Waals surface area contributed by atoms with Crippen molar-refractivity contribution in [2.45, 2.75) is 50.9 Å². The van der Waals surface area contributed by atoms with Crippen LogP contribution in [-0.4, -0.2) is 84.4 Å². The van der Waals surface area contributed by atoms with E-state index in [0.717, 1.165) is 24.9 Å². The summed E-state index contributed by atoms with van der Waals surface area (Å²) >= 11 is 0. The number of carboxylic acids is 1. The zero-order valence-electron chi connectivity index (χ0n) is 22.8. The largest absolute Gasteiger partial charge is 0.489 e. The lowest BCUT2D eigenvalue weighted by atomic mass is 10.1. The molecule has 2 fully saturated rings. The van der Waals surface area contributed by atoms with Gasteiger partial charge in [-0.1, -0.05) is 0 Å². The number of aromatic nitrogens is 1. The van der Waals surface area contributed by atoms with Crippen LogP contribution in [0.2, 0.25) is 0 Å². The maximum absolute atomic E-state index is 13.8. The van der Waals surface area contributed by atoms with Crippen molar-refractivity contribution < 1.29 is 51.7 Å². The molecule has 14 nitrogen and oxygen atoms in total. The number of carboxylic acid groups (broad SMARTS) is 1. The van der Waals surface area contributed by atoms with Crippen molar-refractivity contribution in [2.75, 3.05) is 26.8 Å². The van der Waals surface area contributed by atoms with Crippen molar-refractivity contribution in [3.05, 3.63) is 29.7 Å². The number of methoxy groups -OCH3 is 1. The lowest BCUT2D eigenvalue weighted by Gasteiger charge is -2.23. The normalized spacial score (nSPS) is 18.9. The fourth-order valence-corrected chi connectivity index (χ4v) is 4.41. The van der Waals surface area contributed by atoms with Gasteiger partial charge in [0.1, 0.15) is 12.6 Å². The molecular formula is C26H31F2N5O9. The minimum absolute atomic E-state index is 0.0163. The van der Waals surface area contributed by atoms with Crippen LogP contribution >= 0.6 is 0 Å². The topological polar surface area (TPSA) is 196 Å². The molecule has 3 amide bonds. The Bertz CT molecular complexity index is 1330. The number of amides is 3. The Labute approximate surface area is 238 Å². The van der Waals surface area contributed by atoms with Crippen molar-refractivity contribution >= 4 is 23.9 Å². The average molecular weight is 596 g/mol. The number of carbonyl (C=O) groups excluding carboxylic acids is 3. The number of hydrogen-bond acceptors (Lipinski definition) is 10. The molecule has 228 valence electrons. The molecule has 1 saturated carbocycles. The van der Waals surface area contributed by atoms with E-state index >= 15 is 0 Å². The molecule has 1 aliphatic heterocycles. The smallest absolute Gasteiger partial charge is 0.407 e. The van der Waals surface area contributed by atoms with E-state index in [9.17, 15) is 28.0 Å². The van der Waals surface area contributed by atoms with E-state index in [0.29, 0.717) is 12.5 Å². The second kappa shape index (κ2) is 13.0. The lowest BCUT2D eigenvalue weighted by Crippen LogP contribution is -2.47. The number of carbonyl (C=O) groups is 4. The summed E-state index contributed by atoms with van der Waals surface area (Å²) in [6.45, 7) is -2.02. The third-order valence-electron chi connectivity index (χ3n) is 6.63. The molecule has 1 aliphatic carbocycles. The molecule has 0 bridgehead atoms. The summed E-state index contributed by atoms with van der Waals surface area (Å²) < 4.78 is 46.7. The second-order valence-electron chi connectivity index (χ2n) is 9.97. The third-order valence-corrected chi connectivity index (χ3v) is 6.63. The first-order chi connectivity index (χ1) is 20.0. The van der Waals surface area contributed by atoms with Crippen molar-refractivity contribution in [1.82, 2.24) is 20.5 Å². The van der Waals surface area contributed by atoms with E-state index in [-0.39, 0.29) is 47.4 Å². The minimum atomic E-state index is -3.08. The summed E-state index contributed by atoms with van der Waals surface area (Å²) in [6.07, 6.45) is 1.13. The lowest BCUT2D eigenvalue weighted by molar-refractivity contribution is -0.138. The Kier molecular flexibility index (Phi) is 9.45. The third kappa shape index (κ3) is 7.43. The molecule has 42 heavy (non-hydrogen) atoms. The second-order valence-corrected chi connectivity index (χ2v) is 9.97. The quantitative estimate of drug-likeness (QED) is 0.280. The molecular weight excluding hydrogens is 564 g/mol. The van der Waals surface area contributed by atoms with Crippen LogP contribution in [-0.2, 0) is 14.3 Å². The first-order valence-electron chi connectivity index (χ1n) is 13.1. The molecule has 5 N–H and O–H groups in total. The number of benzene rings is 1. The van der Waals surface area contributed by atoms with E-state index in [1.807, 2.05) is 0 Å². The summed E-state index contributed by atoms with van der Waals surface area (Å²) in [5.74, 6) is -2.70. The van der Waals surface area contributed by atoms with Gasteiger partial charge in [0.15, 0.2) is 23.0 Å². The summed E-state index contributed by atoms with van der Waals surface area (Å²) in [4.78, 5) is 54.9. The number of nitrogens with zero attached hydrogens (tertiary/aromatic N) is 2. The van der Waals surface area contributed by atoms with Gasteiger partial charge in [0.05, 0.1) is 25.8 Å². The fourth-order valence-electron chi connectivity index (χ4n) is 4.41. The Morgan fingerprint density at radius 2 is 1.98 bits per heavy atom. The van der Waals surface area contributed by atoms with Crippen LogP contribution in [0.3, 0.4) is 0 Å². The van der Waals surface area contributed by atoms with Gasteiger partial charge >= 0.3 is 18.7 Å². The highest BCUT2D eigenvalue weighted by molar-refractivity contribution is 5.98. The summed E-state index contributed by atoms with van der Waals surface area (Å²) in [7, 11) is 1.16. The number of aliphatic carboxylic acids is 1. The number of oxazole rings is 1. The first-order valence-corrected chi connectivity index (χ1v) is 13.1. The number of alkyl carbamates (subject to hydrolysis) is 1. The molecule has 2 aromatic rings. The summed E-state index contributed by atoms with van der Waals surface area (Å²) in [5, 5.41) is 13.7. The van der Waals surface area contributed by atoms with Crippen LogP contribution < -0.4 is 25.8 Å². The summed E-state index contributed by atoms with van der Waals surface area (Å²) in [6, 6.07) is 1.39. The van der Waals surface area contributed by atoms with Gasteiger partial charge in [-0.25, -0.2) is 9.78 Å². The first kappa shape index (κ1) is 30.5. The zero-order valence-corrected chi connectivity index (χ0v) is 22.8. The van der Waals surface area contributed by atoms with Crippen LogP contribution in [0.1, 0.15) is 48.5 Å². The molecule has 1 aromatic heterocycles. The van der Waals surface area contributed by atoms with Gasteiger partial charge in [0.25, 0.3) is 5.91 Å². The number of nitrogens with one attached hydrogen (secondary N) is 2. The van der Waals surface area contributed by atoms with Crippen LogP contribution in [0.15, 0.2) is 22.6 Å². The molecule has 4 rings (SSSR count). The number of ether oxygens (including phenoxy) is 3. The number of rotatable bonds is 12. The van der Waals surface area contributed by atoms with E-state index in [1.165, 1.54) is 18.2 Å². The van der Waals surface area contributed by atoms with Gasteiger partial charge in [-0.2, -0.15) is 8.78 Å². The Hall–Kier alpha value is -4.47. The number of nitrogens with two attached hydrogens (primary N) is 1. The SMILES string of the molecule is COC(=O)N[C@H]1C[C@@H](C(=O)NCC(=O)O)N(C(=O)c2nc(-c3ccc(OC(F)F)c(OCC4CC4)c3)oc2[C@H](C)N)C1. The van der Waals surface area contributed by atoms with Gasteiger partial charge in [-0.15, -0.1) is 0 Å². The fraction of sp³-hybridized carbons (Fsp3) is 0.500. The van der Waals surface area contributed by atoms with E-state index in [4.69, 9.17) is 20.0 Å². The van der Waals surface area contributed by atoms with E-state index < -0.39 is 55.2 Å². The van der Waals surface area contributed by atoms with Gasteiger partial charge in [-0.3, -0.25) is 14.4 Å². The summed E-state index contributed by atoms with van der Waals surface area (Å²) in [5.41, 5.74) is 6.14. The number of halogens is 2. The van der Waals surface area contributed by atoms with E-state index in [1.54, 1.807) is 6.92 Å². The Balaban J connectivity index is 1.65. The van der Waals surface area contributed by atoms with Crippen molar-refractivity contribution in [3.63, 3.8) is 0 Å². The molecule has 0 spiro atoms.